The highest BCUT2D eigenvalue weighted by Gasteiger charge is 2.29. The lowest BCUT2D eigenvalue weighted by Gasteiger charge is -2.24. The lowest BCUT2D eigenvalue weighted by atomic mass is 10.0. The number of carbonyl (C=O) groups is 5. The van der Waals surface area contributed by atoms with Crippen LogP contribution < -0.4 is 16.1 Å². The van der Waals surface area contributed by atoms with Crippen LogP contribution in [0.25, 0.3) is 0 Å². The molecule has 0 aliphatic rings. The first-order valence-electron chi connectivity index (χ1n) is 13.2. The van der Waals surface area contributed by atoms with E-state index < -0.39 is 66.6 Å². The van der Waals surface area contributed by atoms with Crippen LogP contribution in [0.3, 0.4) is 0 Å². The van der Waals surface area contributed by atoms with Crippen LogP contribution >= 0.6 is 0 Å². The zero-order chi connectivity index (χ0) is 31.5. The van der Waals surface area contributed by atoms with Gasteiger partial charge in [0.25, 0.3) is 0 Å². The molecular weight excluding hydrogens is 564 g/mol. The third-order valence-corrected chi connectivity index (χ3v) is 5.59. The number of hydroxylamine groups is 1. The summed E-state index contributed by atoms with van der Waals surface area (Å²) < 4.78 is 45.9. The number of alkyl halides is 1. The van der Waals surface area contributed by atoms with Crippen molar-refractivity contribution in [3.8, 4) is 0 Å². The standard InChI is InChI=1S/C27H39F2N3O10/c1-17(2)24(26(36)30-18(3)25(35)31-21(22(33)16-28)15-23(34)38-4)32-42-14-12-40-10-9-39-11-13-41-27(37)19-5-7-20(29)8-6-19/h5-8,17-18,21,24,32H,9-16H2,1-4H3,(H,30,36)(H,31,35). The Labute approximate surface area is 242 Å². The highest BCUT2D eigenvalue weighted by Crippen LogP contribution is 2.05. The van der Waals surface area contributed by atoms with Gasteiger partial charge in [-0.05, 0) is 37.1 Å². The molecule has 1 aromatic rings. The molecule has 0 aliphatic heterocycles. The molecule has 0 spiro atoms. The number of esters is 2. The molecule has 1 aromatic carbocycles. The highest BCUT2D eigenvalue weighted by atomic mass is 19.1. The number of Topliss-reactive ketones (excluding diaryl/α,β-unsaturated/α-hetero) is 1. The van der Waals surface area contributed by atoms with Crippen LogP contribution in [0.4, 0.5) is 8.78 Å². The van der Waals surface area contributed by atoms with Crippen molar-refractivity contribution in [2.24, 2.45) is 5.92 Å². The van der Waals surface area contributed by atoms with Crippen molar-refractivity contribution in [3.05, 3.63) is 35.6 Å². The zero-order valence-electron chi connectivity index (χ0n) is 24.1. The van der Waals surface area contributed by atoms with Crippen LogP contribution in [0.2, 0.25) is 0 Å². The minimum atomic E-state index is -1.42. The van der Waals surface area contributed by atoms with Gasteiger partial charge in [-0.15, -0.1) is 0 Å². The lowest BCUT2D eigenvalue weighted by Crippen LogP contribution is -2.55. The Kier molecular flexibility index (Phi) is 17.7. The fourth-order valence-corrected chi connectivity index (χ4v) is 3.18. The third kappa shape index (κ3) is 14.4. The highest BCUT2D eigenvalue weighted by molar-refractivity contribution is 5.95. The normalized spacial score (nSPS) is 13.1. The van der Waals surface area contributed by atoms with Gasteiger partial charge in [0, 0.05) is 0 Å². The number of rotatable bonds is 21. The molecular formula is C27H39F2N3O10. The number of benzene rings is 1. The Hall–Kier alpha value is -3.53. The molecule has 0 aromatic heterocycles. The van der Waals surface area contributed by atoms with E-state index in [1.807, 2.05) is 0 Å². The minimum Gasteiger partial charge on any atom is -0.469 e. The van der Waals surface area contributed by atoms with Crippen molar-refractivity contribution in [1.82, 2.24) is 16.1 Å². The predicted molar refractivity (Wildman–Crippen MR) is 143 cm³/mol. The first-order valence-corrected chi connectivity index (χ1v) is 13.2. The van der Waals surface area contributed by atoms with Crippen molar-refractivity contribution in [2.75, 3.05) is 53.4 Å². The van der Waals surface area contributed by atoms with Crippen LogP contribution in [0.5, 0.6) is 0 Å². The Morgan fingerprint density at radius 3 is 2.00 bits per heavy atom. The van der Waals surface area contributed by atoms with Gasteiger partial charge in [0.05, 0.1) is 52.1 Å². The molecule has 0 aliphatic carbocycles. The Morgan fingerprint density at radius 2 is 1.43 bits per heavy atom. The molecule has 0 saturated carbocycles. The second kappa shape index (κ2) is 20.4. The Bertz CT molecular complexity index is 1010. The molecule has 42 heavy (non-hydrogen) atoms. The van der Waals surface area contributed by atoms with Gasteiger partial charge in [0.15, 0.2) is 5.78 Å². The Morgan fingerprint density at radius 1 is 0.833 bits per heavy atom. The predicted octanol–water partition coefficient (Wildman–Crippen LogP) is 0.653. The van der Waals surface area contributed by atoms with Crippen LogP contribution in [-0.2, 0) is 43.0 Å². The number of ketones is 1. The van der Waals surface area contributed by atoms with Crippen molar-refractivity contribution < 1.29 is 56.5 Å². The fourth-order valence-electron chi connectivity index (χ4n) is 3.18. The maximum absolute atomic E-state index is 12.9. The van der Waals surface area contributed by atoms with Gasteiger partial charge in [0.1, 0.15) is 37.2 Å². The van der Waals surface area contributed by atoms with E-state index in [4.69, 9.17) is 19.0 Å². The maximum atomic E-state index is 12.9. The molecule has 13 nitrogen and oxygen atoms in total. The Balaban J connectivity index is 2.27. The van der Waals surface area contributed by atoms with Crippen LogP contribution in [0.15, 0.2) is 24.3 Å². The topological polar surface area (TPSA) is 168 Å². The summed E-state index contributed by atoms with van der Waals surface area (Å²) in [5.41, 5.74) is 2.86. The van der Waals surface area contributed by atoms with Gasteiger partial charge in [-0.3, -0.25) is 24.0 Å². The molecule has 15 heteroatoms. The molecule has 3 atom stereocenters. The van der Waals surface area contributed by atoms with Gasteiger partial charge >= 0.3 is 11.9 Å². The number of amides is 2. The smallest absolute Gasteiger partial charge is 0.338 e. The van der Waals surface area contributed by atoms with Gasteiger partial charge in [-0.1, -0.05) is 13.8 Å². The molecule has 3 N–H and O–H groups in total. The van der Waals surface area contributed by atoms with Crippen molar-refractivity contribution in [3.63, 3.8) is 0 Å². The molecule has 236 valence electrons. The largest absolute Gasteiger partial charge is 0.469 e. The van der Waals surface area contributed by atoms with E-state index in [0.717, 1.165) is 7.11 Å². The van der Waals surface area contributed by atoms with Gasteiger partial charge in [-0.2, -0.15) is 5.48 Å². The summed E-state index contributed by atoms with van der Waals surface area (Å²) in [4.78, 5) is 65.5. The van der Waals surface area contributed by atoms with Crippen molar-refractivity contribution >= 4 is 29.5 Å². The summed E-state index contributed by atoms with van der Waals surface area (Å²) in [6.07, 6.45) is -0.544. The summed E-state index contributed by atoms with van der Waals surface area (Å²) in [5, 5.41) is 4.74. The summed E-state index contributed by atoms with van der Waals surface area (Å²) in [6.45, 7) is 4.38. The number of carbonyl (C=O) groups excluding carboxylic acids is 5. The first-order chi connectivity index (χ1) is 20.0. The van der Waals surface area contributed by atoms with E-state index in [0.29, 0.717) is 0 Å². The number of halogens is 2. The summed E-state index contributed by atoms with van der Waals surface area (Å²) in [5.74, 6) is -4.44. The van der Waals surface area contributed by atoms with E-state index in [9.17, 15) is 32.8 Å². The number of hydrogen-bond acceptors (Lipinski definition) is 11. The molecule has 1 rings (SSSR count). The molecule has 0 heterocycles. The third-order valence-electron chi connectivity index (χ3n) is 5.59. The van der Waals surface area contributed by atoms with Gasteiger partial charge < -0.3 is 29.6 Å². The van der Waals surface area contributed by atoms with Crippen molar-refractivity contribution in [1.29, 1.82) is 0 Å². The van der Waals surface area contributed by atoms with Crippen molar-refractivity contribution in [2.45, 2.75) is 45.3 Å². The molecule has 0 bridgehead atoms. The molecule has 0 fully saturated rings. The number of methoxy groups -OCH3 is 1. The number of hydrogen-bond donors (Lipinski definition) is 3. The van der Waals surface area contributed by atoms with Gasteiger partial charge in [0.2, 0.25) is 11.8 Å². The minimum absolute atomic E-state index is 0.0198. The van der Waals surface area contributed by atoms with E-state index in [-0.39, 0.29) is 51.1 Å². The fraction of sp³-hybridized carbons (Fsp3) is 0.593. The second-order valence-electron chi connectivity index (χ2n) is 9.23. The monoisotopic (exact) mass is 603 g/mol. The van der Waals surface area contributed by atoms with Crippen LogP contribution in [0, 0.1) is 11.7 Å². The van der Waals surface area contributed by atoms with Crippen LogP contribution in [-0.4, -0.2) is 101 Å². The zero-order valence-corrected chi connectivity index (χ0v) is 24.1. The quantitative estimate of drug-likeness (QED) is 0.103. The molecule has 0 saturated heterocycles. The first kappa shape index (κ1) is 36.5. The second-order valence-corrected chi connectivity index (χ2v) is 9.23. The van der Waals surface area contributed by atoms with Crippen LogP contribution in [0.1, 0.15) is 37.6 Å². The van der Waals surface area contributed by atoms with E-state index >= 15 is 0 Å². The number of nitrogens with one attached hydrogen (secondary N) is 3. The molecule has 2 amide bonds. The summed E-state index contributed by atoms with van der Waals surface area (Å²) in [7, 11) is 1.09. The van der Waals surface area contributed by atoms with E-state index in [2.05, 4.69) is 20.9 Å². The maximum Gasteiger partial charge on any atom is 0.338 e. The van der Waals surface area contributed by atoms with E-state index in [1.54, 1.807) is 13.8 Å². The number of ether oxygens (including phenoxy) is 4. The molecule has 0 radical (unpaired) electrons. The van der Waals surface area contributed by atoms with E-state index in [1.165, 1.54) is 31.2 Å². The summed E-state index contributed by atoms with van der Waals surface area (Å²) in [6, 6.07) is 1.60. The summed E-state index contributed by atoms with van der Waals surface area (Å²) >= 11 is 0. The lowest BCUT2D eigenvalue weighted by molar-refractivity contribution is -0.143. The molecule has 3 unspecified atom stereocenters. The average molecular weight is 604 g/mol. The van der Waals surface area contributed by atoms with Gasteiger partial charge in [-0.25, -0.2) is 13.6 Å². The SMILES string of the molecule is COC(=O)CC(NC(=O)C(C)NC(=O)C(NOCCOCCOCCOC(=O)c1ccc(F)cc1)C(C)C)C(=O)CF. The average Bonchev–Trinajstić information content (AvgIpc) is 2.96.